The van der Waals surface area contributed by atoms with Gasteiger partial charge in [0.2, 0.25) is 0 Å². The standard InChI is InChI=1S/C14H18N6/c15-12-11-13(17-7-16-12)20(19-18-11)14-4-8-1-9(5-14)3-10(2-8)6-14/h7-10H,1-6H2,(H2,15,16,17). The molecule has 4 fully saturated rings. The molecule has 0 radical (unpaired) electrons. The van der Waals surface area contributed by atoms with E-state index >= 15 is 0 Å². The number of aromatic nitrogens is 5. The van der Waals surface area contributed by atoms with Gasteiger partial charge in [-0.15, -0.1) is 5.10 Å². The zero-order valence-electron chi connectivity index (χ0n) is 11.4. The molecule has 0 aromatic carbocycles. The molecular formula is C14H18N6. The number of nitrogens with two attached hydrogens (primary N) is 1. The Kier molecular flexibility index (Phi) is 1.91. The Hall–Kier alpha value is -1.72. The third-order valence-corrected chi connectivity index (χ3v) is 5.72. The van der Waals surface area contributed by atoms with E-state index < -0.39 is 0 Å². The number of anilines is 1. The van der Waals surface area contributed by atoms with Crippen LogP contribution in [0, 0.1) is 17.8 Å². The van der Waals surface area contributed by atoms with Crippen molar-refractivity contribution in [2.75, 3.05) is 5.73 Å². The van der Waals surface area contributed by atoms with Gasteiger partial charge in [0, 0.05) is 0 Å². The van der Waals surface area contributed by atoms with Crippen LogP contribution < -0.4 is 5.73 Å². The van der Waals surface area contributed by atoms with Gasteiger partial charge in [-0.3, -0.25) is 0 Å². The van der Waals surface area contributed by atoms with E-state index in [1.54, 1.807) is 0 Å². The zero-order chi connectivity index (χ0) is 13.3. The fraction of sp³-hybridized carbons (Fsp3) is 0.714. The number of hydrogen-bond donors (Lipinski definition) is 1. The third kappa shape index (κ3) is 1.29. The van der Waals surface area contributed by atoms with Gasteiger partial charge in [0.25, 0.3) is 0 Å². The van der Waals surface area contributed by atoms with Crippen molar-refractivity contribution in [1.82, 2.24) is 25.0 Å². The average Bonchev–Trinajstić information content (AvgIpc) is 2.83. The molecule has 2 aromatic heterocycles. The molecule has 6 nitrogen and oxygen atoms in total. The third-order valence-electron chi connectivity index (χ3n) is 5.72. The summed E-state index contributed by atoms with van der Waals surface area (Å²) < 4.78 is 2.09. The molecule has 20 heavy (non-hydrogen) atoms. The second-order valence-electron chi connectivity index (χ2n) is 7.07. The van der Waals surface area contributed by atoms with E-state index in [-0.39, 0.29) is 5.54 Å². The van der Waals surface area contributed by atoms with Crippen LogP contribution in [0.1, 0.15) is 38.5 Å². The summed E-state index contributed by atoms with van der Waals surface area (Å²) in [5.41, 5.74) is 7.51. The second kappa shape index (κ2) is 3.48. The van der Waals surface area contributed by atoms with E-state index in [1.807, 2.05) is 0 Å². The minimum Gasteiger partial charge on any atom is -0.382 e. The monoisotopic (exact) mass is 270 g/mol. The van der Waals surface area contributed by atoms with Crippen molar-refractivity contribution in [2.45, 2.75) is 44.1 Å². The SMILES string of the molecule is Nc1ncnc2c1nnn2C12CC3CC(CC(C3)C1)C2. The Labute approximate surface area is 116 Å². The normalized spacial score (nSPS) is 38.7. The largest absolute Gasteiger partial charge is 0.382 e. The van der Waals surface area contributed by atoms with Gasteiger partial charge in [0.1, 0.15) is 6.33 Å². The van der Waals surface area contributed by atoms with Crippen LogP contribution in [-0.2, 0) is 5.54 Å². The van der Waals surface area contributed by atoms with Gasteiger partial charge in [-0.1, -0.05) is 5.21 Å². The van der Waals surface area contributed by atoms with Gasteiger partial charge < -0.3 is 5.73 Å². The summed E-state index contributed by atoms with van der Waals surface area (Å²) in [6, 6.07) is 0. The van der Waals surface area contributed by atoms with Gasteiger partial charge in [-0.25, -0.2) is 14.6 Å². The van der Waals surface area contributed by atoms with E-state index in [4.69, 9.17) is 5.73 Å². The first-order valence-corrected chi connectivity index (χ1v) is 7.56. The number of fused-ring (bicyclic) bond motifs is 1. The molecule has 6 heteroatoms. The highest BCUT2D eigenvalue weighted by Crippen LogP contribution is 2.58. The Morgan fingerprint density at radius 1 is 1.05 bits per heavy atom. The van der Waals surface area contributed by atoms with Crippen molar-refractivity contribution in [3.8, 4) is 0 Å². The fourth-order valence-electron chi connectivity index (χ4n) is 5.41. The Bertz CT molecular complexity index is 655. The maximum atomic E-state index is 5.89. The van der Waals surface area contributed by atoms with Crippen molar-refractivity contribution < 1.29 is 0 Å². The lowest BCUT2D eigenvalue weighted by atomic mass is 9.53. The van der Waals surface area contributed by atoms with Crippen LogP contribution in [0.2, 0.25) is 0 Å². The summed E-state index contributed by atoms with van der Waals surface area (Å²) >= 11 is 0. The first-order chi connectivity index (χ1) is 9.73. The lowest BCUT2D eigenvalue weighted by Crippen LogP contribution is -2.52. The number of nitrogens with zero attached hydrogens (tertiary/aromatic N) is 5. The molecule has 0 atom stereocenters. The van der Waals surface area contributed by atoms with Crippen molar-refractivity contribution in [3.63, 3.8) is 0 Å². The molecule has 0 saturated heterocycles. The van der Waals surface area contributed by atoms with E-state index in [0.717, 1.165) is 23.4 Å². The molecular weight excluding hydrogens is 252 g/mol. The summed E-state index contributed by atoms with van der Waals surface area (Å²) in [6.45, 7) is 0. The van der Waals surface area contributed by atoms with Crippen molar-refractivity contribution >= 4 is 17.0 Å². The lowest BCUT2D eigenvalue weighted by Gasteiger charge is -2.56. The maximum Gasteiger partial charge on any atom is 0.184 e. The van der Waals surface area contributed by atoms with E-state index in [0.29, 0.717) is 11.3 Å². The Morgan fingerprint density at radius 3 is 2.35 bits per heavy atom. The fourth-order valence-corrected chi connectivity index (χ4v) is 5.41. The first-order valence-electron chi connectivity index (χ1n) is 7.56. The molecule has 0 unspecified atom stereocenters. The highest BCUT2D eigenvalue weighted by Gasteiger charge is 2.53. The molecule has 0 amide bonds. The van der Waals surface area contributed by atoms with Crippen LogP contribution >= 0.6 is 0 Å². The molecule has 0 aliphatic heterocycles. The van der Waals surface area contributed by atoms with Gasteiger partial charge in [0.05, 0.1) is 5.54 Å². The number of rotatable bonds is 1. The molecule has 2 heterocycles. The molecule has 6 rings (SSSR count). The van der Waals surface area contributed by atoms with Crippen molar-refractivity contribution in [2.24, 2.45) is 17.8 Å². The molecule has 2 N–H and O–H groups in total. The van der Waals surface area contributed by atoms with Gasteiger partial charge >= 0.3 is 0 Å². The Morgan fingerprint density at radius 2 is 1.70 bits per heavy atom. The van der Waals surface area contributed by atoms with E-state index in [1.165, 1.54) is 44.9 Å². The molecule has 0 spiro atoms. The second-order valence-corrected chi connectivity index (χ2v) is 7.07. The number of nitrogen functional groups attached to an aromatic ring is 1. The predicted molar refractivity (Wildman–Crippen MR) is 73.7 cm³/mol. The molecule has 4 bridgehead atoms. The van der Waals surface area contributed by atoms with Crippen LogP contribution in [0.3, 0.4) is 0 Å². The highest BCUT2D eigenvalue weighted by atomic mass is 15.5. The van der Waals surface area contributed by atoms with Crippen LogP contribution in [0.25, 0.3) is 11.2 Å². The van der Waals surface area contributed by atoms with Gasteiger partial charge in [-0.05, 0) is 56.3 Å². The van der Waals surface area contributed by atoms with E-state index in [2.05, 4.69) is 25.0 Å². The van der Waals surface area contributed by atoms with Gasteiger partial charge in [0.15, 0.2) is 17.0 Å². The first kappa shape index (κ1) is 11.0. The summed E-state index contributed by atoms with van der Waals surface area (Å²) in [5.74, 6) is 3.06. The minimum absolute atomic E-state index is 0.143. The van der Waals surface area contributed by atoms with Crippen molar-refractivity contribution in [1.29, 1.82) is 0 Å². The minimum atomic E-state index is 0.143. The number of hydrogen-bond acceptors (Lipinski definition) is 5. The topological polar surface area (TPSA) is 82.5 Å². The molecule has 4 aliphatic rings. The zero-order valence-corrected chi connectivity index (χ0v) is 11.4. The van der Waals surface area contributed by atoms with Gasteiger partial charge in [-0.2, -0.15) is 0 Å². The molecule has 2 aromatic rings. The highest BCUT2D eigenvalue weighted by molar-refractivity contribution is 5.80. The maximum absolute atomic E-state index is 5.89. The quantitative estimate of drug-likeness (QED) is 0.853. The summed E-state index contributed by atoms with van der Waals surface area (Å²) in [7, 11) is 0. The van der Waals surface area contributed by atoms with E-state index in [9.17, 15) is 0 Å². The summed E-state index contributed by atoms with van der Waals surface area (Å²) in [6.07, 6.45) is 9.50. The average molecular weight is 270 g/mol. The summed E-state index contributed by atoms with van der Waals surface area (Å²) in [5, 5.41) is 8.67. The Balaban J connectivity index is 1.70. The smallest absolute Gasteiger partial charge is 0.184 e. The van der Waals surface area contributed by atoms with Crippen LogP contribution in [0.5, 0.6) is 0 Å². The predicted octanol–water partition coefficient (Wildman–Crippen LogP) is 1.73. The lowest BCUT2D eigenvalue weighted by molar-refractivity contribution is -0.0481. The summed E-state index contributed by atoms with van der Waals surface area (Å²) in [4.78, 5) is 8.42. The molecule has 4 aliphatic carbocycles. The van der Waals surface area contributed by atoms with Crippen LogP contribution in [0.15, 0.2) is 6.33 Å². The molecule has 104 valence electrons. The van der Waals surface area contributed by atoms with Crippen LogP contribution in [0.4, 0.5) is 5.82 Å². The van der Waals surface area contributed by atoms with Crippen molar-refractivity contribution in [3.05, 3.63) is 6.33 Å². The van der Waals surface area contributed by atoms with Crippen LogP contribution in [-0.4, -0.2) is 25.0 Å². The molecule has 4 saturated carbocycles.